The van der Waals surface area contributed by atoms with Crippen molar-refractivity contribution < 1.29 is 18.3 Å². The molecule has 0 spiro atoms. The summed E-state index contributed by atoms with van der Waals surface area (Å²) in [4.78, 5) is 0.763. The monoisotopic (exact) mass is 226 g/mol. The minimum Gasteiger partial charge on any atom is -0.382 e. The van der Waals surface area contributed by atoms with Gasteiger partial charge in [0, 0.05) is 11.1 Å². The molecule has 1 atom stereocenters. The van der Waals surface area contributed by atoms with Gasteiger partial charge in [0.2, 0.25) is 0 Å². The molecule has 1 unspecified atom stereocenters. The van der Waals surface area contributed by atoms with Crippen LogP contribution in [0.3, 0.4) is 0 Å². The maximum atomic E-state index is 11.9. The average molecular weight is 226 g/mol. The van der Waals surface area contributed by atoms with Gasteiger partial charge in [-0.3, -0.25) is 4.68 Å². The van der Waals surface area contributed by atoms with E-state index >= 15 is 0 Å². The number of hydrogen-bond donors (Lipinski definition) is 1. The van der Waals surface area contributed by atoms with Crippen LogP contribution in [0.2, 0.25) is 0 Å². The standard InChI is InChI=1S/C7H9F3N2OS/c1-14-5-2-11-12(3-5)4-6(13)7(8,9)10/h2-3,6,13H,4H2,1H3. The average Bonchev–Trinajstić information content (AvgIpc) is 2.50. The number of aromatic nitrogens is 2. The highest BCUT2D eigenvalue weighted by Gasteiger charge is 2.38. The summed E-state index contributed by atoms with van der Waals surface area (Å²) in [6.07, 6.45) is -2.25. The van der Waals surface area contributed by atoms with Gasteiger partial charge >= 0.3 is 6.18 Å². The van der Waals surface area contributed by atoms with Crippen molar-refractivity contribution in [2.75, 3.05) is 6.26 Å². The van der Waals surface area contributed by atoms with Crippen LogP contribution in [-0.4, -0.2) is 33.4 Å². The summed E-state index contributed by atoms with van der Waals surface area (Å²) in [6.45, 7) is -0.565. The van der Waals surface area contributed by atoms with E-state index in [2.05, 4.69) is 5.10 Å². The quantitative estimate of drug-likeness (QED) is 0.794. The molecule has 1 N–H and O–H groups in total. The molecule has 0 amide bonds. The molecular weight excluding hydrogens is 217 g/mol. The zero-order valence-electron chi connectivity index (χ0n) is 7.32. The predicted molar refractivity (Wildman–Crippen MR) is 46.1 cm³/mol. The van der Waals surface area contributed by atoms with Crippen molar-refractivity contribution in [3.8, 4) is 0 Å². The van der Waals surface area contributed by atoms with E-state index in [0.29, 0.717) is 0 Å². The lowest BCUT2D eigenvalue weighted by Gasteiger charge is -2.13. The van der Waals surface area contributed by atoms with E-state index < -0.39 is 18.8 Å². The topological polar surface area (TPSA) is 38.0 Å². The predicted octanol–water partition coefficient (Wildman–Crippen LogP) is 1.53. The maximum Gasteiger partial charge on any atom is 0.416 e. The molecule has 80 valence electrons. The summed E-state index contributed by atoms with van der Waals surface area (Å²) in [7, 11) is 0. The summed E-state index contributed by atoms with van der Waals surface area (Å²) in [5, 5.41) is 12.4. The van der Waals surface area contributed by atoms with Crippen LogP contribution in [-0.2, 0) is 6.54 Å². The number of nitrogens with zero attached hydrogens (tertiary/aromatic N) is 2. The minimum atomic E-state index is -4.59. The van der Waals surface area contributed by atoms with Gasteiger partial charge in [0.15, 0.2) is 6.10 Å². The van der Waals surface area contributed by atoms with Gasteiger partial charge in [-0.2, -0.15) is 18.3 Å². The number of aliphatic hydroxyl groups excluding tert-OH is 1. The molecule has 0 aromatic carbocycles. The van der Waals surface area contributed by atoms with Crippen LogP contribution in [0.1, 0.15) is 0 Å². The Morgan fingerprint density at radius 3 is 2.71 bits per heavy atom. The number of alkyl halides is 3. The molecule has 0 aliphatic heterocycles. The number of thioether (sulfide) groups is 1. The van der Waals surface area contributed by atoms with E-state index in [0.717, 1.165) is 9.58 Å². The van der Waals surface area contributed by atoms with Crippen molar-refractivity contribution in [1.29, 1.82) is 0 Å². The molecule has 0 bridgehead atoms. The first-order valence-electron chi connectivity index (χ1n) is 3.74. The molecule has 1 aromatic heterocycles. The van der Waals surface area contributed by atoms with E-state index in [1.807, 2.05) is 0 Å². The summed E-state index contributed by atoms with van der Waals surface area (Å²) < 4.78 is 36.9. The van der Waals surface area contributed by atoms with Gasteiger partial charge in [0.25, 0.3) is 0 Å². The van der Waals surface area contributed by atoms with Crippen LogP contribution in [0.15, 0.2) is 17.3 Å². The van der Waals surface area contributed by atoms with Crippen LogP contribution in [0.25, 0.3) is 0 Å². The number of aliphatic hydroxyl groups is 1. The Bertz CT molecular complexity index is 299. The fraction of sp³-hybridized carbons (Fsp3) is 0.571. The molecular formula is C7H9F3N2OS. The van der Waals surface area contributed by atoms with Gasteiger partial charge in [0.05, 0.1) is 12.7 Å². The number of halogens is 3. The van der Waals surface area contributed by atoms with Gasteiger partial charge < -0.3 is 5.11 Å². The molecule has 14 heavy (non-hydrogen) atoms. The SMILES string of the molecule is CSc1cnn(CC(O)C(F)(F)F)c1. The van der Waals surface area contributed by atoms with Crippen LogP contribution < -0.4 is 0 Å². The summed E-state index contributed by atoms with van der Waals surface area (Å²) in [6, 6.07) is 0. The Morgan fingerprint density at radius 1 is 1.64 bits per heavy atom. The summed E-state index contributed by atoms with van der Waals surface area (Å²) >= 11 is 1.38. The smallest absolute Gasteiger partial charge is 0.382 e. The van der Waals surface area contributed by atoms with Crippen LogP contribution in [0.4, 0.5) is 13.2 Å². The van der Waals surface area contributed by atoms with E-state index in [9.17, 15) is 13.2 Å². The second kappa shape index (κ2) is 4.22. The third-order valence-electron chi connectivity index (χ3n) is 1.58. The van der Waals surface area contributed by atoms with Crippen molar-refractivity contribution >= 4 is 11.8 Å². The largest absolute Gasteiger partial charge is 0.416 e. The second-order valence-electron chi connectivity index (χ2n) is 2.66. The molecule has 1 rings (SSSR count). The normalized spacial score (nSPS) is 14.4. The molecule has 0 aliphatic rings. The Kier molecular flexibility index (Phi) is 3.43. The van der Waals surface area contributed by atoms with Gasteiger partial charge in [-0.1, -0.05) is 0 Å². The van der Waals surface area contributed by atoms with Crippen LogP contribution in [0, 0.1) is 0 Å². The Hall–Kier alpha value is -0.690. The van der Waals surface area contributed by atoms with E-state index in [1.54, 1.807) is 6.26 Å². The lowest BCUT2D eigenvalue weighted by molar-refractivity contribution is -0.208. The molecule has 0 saturated carbocycles. The highest BCUT2D eigenvalue weighted by Crippen LogP contribution is 2.21. The van der Waals surface area contributed by atoms with Crippen molar-refractivity contribution in [2.45, 2.75) is 23.7 Å². The Labute approximate surface area is 82.9 Å². The molecule has 0 saturated heterocycles. The molecule has 1 heterocycles. The fourth-order valence-corrected chi connectivity index (χ4v) is 1.21. The van der Waals surface area contributed by atoms with Crippen LogP contribution in [0.5, 0.6) is 0 Å². The van der Waals surface area contributed by atoms with Crippen molar-refractivity contribution in [1.82, 2.24) is 9.78 Å². The van der Waals surface area contributed by atoms with E-state index in [-0.39, 0.29) is 0 Å². The molecule has 0 fully saturated rings. The lowest BCUT2D eigenvalue weighted by Crippen LogP contribution is -2.32. The number of hydrogen-bond acceptors (Lipinski definition) is 3. The molecule has 7 heteroatoms. The first-order chi connectivity index (χ1) is 6.43. The Balaban J connectivity index is 2.60. The van der Waals surface area contributed by atoms with Gasteiger partial charge in [0.1, 0.15) is 0 Å². The van der Waals surface area contributed by atoms with Crippen molar-refractivity contribution in [3.63, 3.8) is 0 Å². The van der Waals surface area contributed by atoms with E-state index in [4.69, 9.17) is 5.11 Å². The first kappa shape index (κ1) is 11.4. The fourth-order valence-electron chi connectivity index (χ4n) is 0.831. The maximum absolute atomic E-state index is 11.9. The third-order valence-corrected chi connectivity index (χ3v) is 2.27. The highest BCUT2D eigenvalue weighted by atomic mass is 32.2. The summed E-state index contributed by atoms with van der Waals surface area (Å²) in [5.41, 5.74) is 0. The zero-order chi connectivity index (χ0) is 10.8. The van der Waals surface area contributed by atoms with Crippen LogP contribution >= 0.6 is 11.8 Å². The van der Waals surface area contributed by atoms with E-state index in [1.165, 1.54) is 24.2 Å². The highest BCUT2D eigenvalue weighted by molar-refractivity contribution is 7.98. The molecule has 1 aromatic rings. The van der Waals surface area contributed by atoms with Gasteiger partial charge in [-0.25, -0.2) is 0 Å². The van der Waals surface area contributed by atoms with Gasteiger partial charge in [-0.05, 0) is 6.26 Å². The molecule has 0 aliphatic carbocycles. The third kappa shape index (κ3) is 2.91. The minimum absolute atomic E-state index is 0.565. The summed E-state index contributed by atoms with van der Waals surface area (Å²) in [5.74, 6) is 0. The Morgan fingerprint density at radius 2 is 2.29 bits per heavy atom. The molecule has 0 radical (unpaired) electrons. The number of rotatable bonds is 3. The van der Waals surface area contributed by atoms with Crippen molar-refractivity contribution in [2.24, 2.45) is 0 Å². The second-order valence-corrected chi connectivity index (χ2v) is 3.54. The van der Waals surface area contributed by atoms with Gasteiger partial charge in [-0.15, -0.1) is 11.8 Å². The first-order valence-corrected chi connectivity index (χ1v) is 4.97. The zero-order valence-corrected chi connectivity index (χ0v) is 8.14. The lowest BCUT2D eigenvalue weighted by atomic mass is 10.3. The molecule has 3 nitrogen and oxygen atoms in total. The van der Waals surface area contributed by atoms with Crippen molar-refractivity contribution in [3.05, 3.63) is 12.4 Å².